The van der Waals surface area contributed by atoms with Crippen LogP contribution in [-0.2, 0) is 16.0 Å². The summed E-state index contributed by atoms with van der Waals surface area (Å²) in [6.45, 7) is 14.1. The van der Waals surface area contributed by atoms with Gasteiger partial charge in [0, 0.05) is 6.42 Å². The molecule has 0 radical (unpaired) electrons. The van der Waals surface area contributed by atoms with Gasteiger partial charge >= 0.3 is 5.97 Å². The first-order valence-electron chi connectivity index (χ1n) is 13.1. The summed E-state index contributed by atoms with van der Waals surface area (Å²) in [5.41, 5.74) is 2.75. The average Bonchev–Trinajstić information content (AvgIpc) is 2.82. The second-order valence-electron chi connectivity index (χ2n) is 10.1. The van der Waals surface area contributed by atoms with Crippen molar-refractivity contribution in [3.63, 3.8) is 0 Å². The van der Waals surface area contributed by atoms with E-state index in [0.717, 1.165) is 55.4 Å². The molecule has 0 aromatic heterocycles. The van der Waals surface area contributed by atoms with Gasteiger partial charge in [-0.2, -0.15) is 0 Å². The fraction of sp³-hybridized carbons (Fsp3) is 0.548. The molecule has 0 saturated heterocycles. The maximum atomic E-state index is 13.1. The number of amides is 1. The summed E-state index contributed by atoms with van der Waals surface area (Å²) >= 11 is 0. The van der Waals surface area contributed by atoms with Crippen LogP contribution in [0.3, 0.4) is 0 Å². The molecule has 5 heteroatoms. The van der Waals surface area contributed by atoms with Crippen molar-refractivity contribution in [1.82, 2.24) is 5.32 Å². The number of terminal acetylenes is 1. The summed E-state index contributed by atoms with van der Waals surface area (Å²) in [6, 6.07) is 3.34. The zero-order chi connectivity index (χ0) is 27.3. The molecule has 1 amide bonds. The lowest BCUT2D eigenvalue weighted by atomic mass is 9.93. The Kier molecular flexibility index (Phi) is 13.1. The van der Waals surface area contributed by atoms with E-state index in [1.54, 1.807) is 6.92 Å². The van der Waals surface area contributed by atoms with Crippen LogP contribution in [0.1, 0.15) is 98.1 Å². The summed E-state index contributed by atoms with van der Waals surface area (Å²) in [6.07, 6.45) is 20.7. The highest BCUT2D eigenvalue weighted by molar-refractivity contribution is 5.86. The summed E-state index contributed by atoms with van der Waals surface area (Å²) in [7, 11) is 0. The van der Waals surface area contributed by atoms with Crippen LogP contribution in [0.15, 0.2) is 29.9 Å². The highest BCUT2D eigenvalue weighted by Gasteiger charge is 2.31. The van der Waals surface area contributed by atoms with Crippen molar-refractivity contribution in [2.24, 2.45) is 5.92 Å². The lowest BCUT2D eigenvalue weighted by Crippen LogP contribution is -2.46. The molecule has 198 valence electrons. The number of rotatable bonds is 12. The van der Waals surface area contributed by atoms with Crippen LogP contribution < -0.4 is 14.8 Å². The fourth-order valence-corrected chi connectivity index (χ4v) is 3.98. The molecule has 2 rings (SSSR count). The van der Waals surface area contributed by atoms with E-state index in [1.165, 1.54) is 5.57 Å². The maximum absolute atomic E-state index is 13.1. The number of hydrogen-bond donors (Lipinski definition) is 1. The van der Waals surface area contributed by atoms with Gasteiger partial charge in [0.05, 0.1) is 5.56 Å². The van der Waals surface area contributed by atoms with Gasteiger partial charge in [-0.1, -0.05) is 52.2 Å². The van der Waals surface area contributed by atoms with E-state index in [1.807, 2.05) is 26.0 Å². The Morgan fingerprint density at radius 3 is 2.44 bits per heavy atom. The van der Waals surface area contributed by atoms with Crippen LogP contribution in [0.2, 0.25) is 0 Å². The van der Waals surface area contributed by atoms with Gasteiger partial charge in [0.15, 0.2) is 0 Å². The molecular weight excluding hydrogens is 450 g/mol. The standard InChI is InChI=1S/C29H43NO4.C2H2/c1-8-10-11-14-22-18-24(33-28(32)27(21(5)6)30-26(31)9-2)23-15-17-29(7,34-25(23)19-22)16-12-13-20(3)4;1-2/h13,15,17-19,21,27H,8-12,14,16H2,1-7H3,(H,30,31);1-2H. The maximum Gasteiger partial charge on any atom is 0.334 e. The zero-order valence-corrected chi connectivity index (χ0v) is 23.3. The van der Waals surface area contributed by atoms with E-state index < -0.39 is 17.6 Å². The minimum atomic E-state index is -0.699. The molecule has 1 aromatic rings. The minimum absolute atomic E-state index is 0.0864. The van der Waals surface area contributed by atoms with E-state index in [4.69, 9.17) is 9.47 Å². The third-order valence-electron chi connectivity index (χ3n) is 6.14. The van der Waals surface area contributed by atoms with E-state index in [2.05, 4.69) is 64.1 Å². The van der Waals surface area contributed by atoms with E-state index in [0.29, 0.717) is 12.2 Å². The summed E-state index contributed by atoms with van der Waals surface area (Å²) in [5.74, 6) is 0.541. The number of nitrogens with one attached hydrogen (secondary N) is 1. The van der Waals surface area contributed by atoms with Gasteiger partial charge < -0.3 is 14.8 Å². The highest BCUT2D eigenvalue weighted by atomic mass is 16.5. The smallest absolute Gasteiger partial charge is 0.334 e. The Balaban J connectivity index is 0.00000316. The quantitative estimate of drug-likeness (QED) is 0.111. The van der Waals surface area contributed by atoms with Crippen molar-refractivity contribution in [2.75, 3.05) is 0 Å². The Hall–Kier alpha value is -3.00. The highest BCUT2D eigenvalue weighted by Crippen LogP contribution is 2.40. The molecule has 0 fully saturated rings. The van der Waals surface area contributed by atoms with Gasteiger partial charge in [-0.15, -0.1) is 12.8 Å². The lowest BCUT2D eigenvalue weighted by Gasteiger charge is -2.32. The van der Waals surface area contributed by atoms with Gasteiger partial charge in [0.25, 0.3) is 0 Å². The number of carbonyl (C=O) groups is 2. The SMILES string of the molecule is C#C.CCCCCc1cc(OC(=O)C(NC(=O)CC)C(C)C)c2c(c1)OC(C)(CCC=C(C)C)C=C2. The van der Waals surface area contributed by atoms with Gasteiger partial charge in [-0.3, -0.25) is 4.79 Å². The third kappa shape index (κ3) is 9.57. The first-order valence-corrected chi connectivity index (χ1v) is 13.1. The lowest BCUT2D eigenvalue weighted by molar-refractivity contribution is -0.140. The molecule has 1 aromatic carbocycles. The van der Waals surface area contributed by atoms with Crippen LogP contribution in [0.4, 0.5) is 0 Å². The van der Waals surface area contributed by atoms with Crippen LogP contribution in [-0.4, -0.2) is 23.5 Å². The van der Waals surface area contributed by atoms with Crippen molar-refractivity contribution < 1.29 is 19.1 Å². The molecule has 1 heterocycles. The van der Waals surface area contributed by atoms with Gasteiger partial charge in [0.2, 0.25) is 5.91 Å². The monoisotopic (exact) mass is 495 g/mol. The van der Waals surface area contributed by atoms with Crippen LogP contribution in [0, 0.1) is 18.8 Å². The summed E-state index contributed by atoms with van der Waals surface area (Å²) in [5, 5.41) is 2.80. The Labute approximate surface area is 218 Å². The van der Waals surface area contributed by atoms with Gasteiger partial charge in [-0.25, -0.2) is 4.79 Å². The largest absolute Gasteiger partial charge is 0.483 e. The van der Waals surface area contributed by atoms with Crippen molar-refractivity contribution in [3.05, 3.63) is 41.0 Å². The molecule has 1 aliphatic rings. The fourth-order valence-electron chi connectivity index (χ4n) is 3.98. The average molecular weight is 496 g/mol. The zero-order valence-electron chi connectivity index (χ0n) is 23.3. The van der Waals surface area contributed by atoms with Crippen LogP contribution >= 0.6 is 0 Å². The number of benzene rings is 1. The summed E-state index contributed by atoms with van der Waals surface area (Å²) < 4.78 is 12.4. The topological polar surface area (TPSA) is 64.6 Å². The van der Waals surface area contributed by atoms with Gasteiger partial charge in [0.1, 0.15) is 23.1 Å². The number of unbranched alkanes of at least 4 members (excludes halogenated alkanes) is 2. The van der Waals surface area contributed by atoms with Crippen molar-refractivity contribution >= 4 is 18.0 Å². The number of hydrogen-bond acceptors (Lipinski definition) is 4. The molecule has 0 saturated carbocycles. The third-order valence-corrected chi connectivity index (χ3v) is 6.14. The molecule has 36 heavy (non-hydrogen) atoms. The van der Waals surface area contributed by atoms with Crippen molar-refractivity contribution in [1.29, 1.82) is 0 Å². The Morgan fingerprint density at radius 1 is 1.17 bits per heavy atom. The normalized spacial score (nSPS) is 16.6. The molecule has 2 unspecified atom stereocenters. The number of fused-ring (bicyclic) bond motifs is 1. The number of ether oxygens (including phenoxy) is 2. The Morgan fingerprint density at radius 2 is 1.86 bits per heavy atom. The number of esters is 1. The predicted octanol–water partition coefficient (Wildman–Crippen LogP) is 7.04. The van der Waals surface area contributed by atoms with E-state index in [-0.39, 0.29) is 11.8 Å². The molecule has 1 aliphatic heterocycles. The number of carbonyl (C=O) groups excluding carboxylic acids is 2. The number of aryl methyl sites for hydroxylation is 1. The molecular formula is C31H45NO4. The van der Waals surface area contributed by atoms with Crippen LogP contribution in [0.25, 0.3) is 6.08 Å². The van der Waals surface area contributed by atoms with Crippen molar-refractivity contribution in [3.8, 4) is 24.3 Å². The predicted molar refractivity (Wildman–Crippen MR) is 149 cm³/mol. The van der Waals surface area contributed by atoms with E-state index >= 15 is 0 Å². The second-order valence-corrected chi connectivity index (χ2v) is 10.1. The molecule has 1 N–H and O–H groups in total. The Bertz CT molecular complexity index is 953. The summed E-state index contributed by atoms with van der Waals surface area (Å²) in [4.78, 5) is 25.0. The minimum Gasteiger partial charge on any atom is -0.483 e. The number of allylic oxidation sites excluding steroid dienone is 2. The van der Waals surface area contributed by atoms with E-state index in [9.17, 15) is 9.59 Å². The molecule has 0 bridgehead atoms. The van der Waals surface area contributed by atoms with Crippen molar-refractivity contribution in [2.45, 2.75) is 105 Å². The molecule has 5 nitrogen and oxygen atoms in total. The first kappa shape index (κ1) is 31.0. The first-order chi connectivity index (χ1) is 17.1. The molecule has 0 spiro atoms. The van der Waals surface area contributed by atoms with Crippen LogP contribution in [0.5, 0.6) is 11.5 Å². The molecule has 2 atom stereocenters. The second kappa shape index (κ2) is 15.2. The molecule has 0 aliphatic carbocycles. The van der Waals surface area contributed by atoms with Gasteiger partial charge in [-0.05, 0) is 82.2 Å².